The van der Waals surface area contributed by atoms with E-state index in [0.717, 1.165) is 16.5 Å². The lowest BCUT2D eigenvalue weighted by Crippen LogP contribution is -2.00. The second-order valence-electron chi connectivity index (χ2n) is 2.60. The SMILES string of the molecule is CCCOc1ncc(Br)cc1CCl. The van der Waals surface area contributed by atoms with Crippen molar-refractivity contribution in [3.63, 3.8) is 0 Å². The average Bonchev–Trinajstić information content (AvgIpc) is 2.16. The molecule has 13 heavy (non-hydrogen) atoms. The van der Waals surface area contributed by atoms with Gasteiger partial charge in [0.2, 0.25) is 5.88 Å². The molecule has 1 heterocycles. The normalized spacial score (nSPS) is 10.1. The number of nitrogens with zero attached hydrogens (tertiary/aromatic N) is 1. The van der Waals surface area contributed by atoms with Crippen LogP contribution in [0.25, 0.3) is 0 Å². The Morgan fingerprint density at radius 1 is 1.62 bits per heavy atom. The Morgan fingerprint density at radius 3 is 3.00 bits per heavy atom. The van der Waals surface area contributed by atoms with Crippen molar-refractivity contribution in [2.45, 2.75) is 19.2 Å². The molecular formula is C9H11BrClNO. The van der Waals surface area contributed by atoms with Crippen molar-refractivity contribution >= 4 is 27.5 Å². The summed E-state index contributed by atoms with van der Waals surface area (Å²) in [5, 5.41) is 0. The van der Waals surface area contributed by atoms with E-state index in [2.05, 4.69) is 27.8 Å². The number of alkyl halides is 1. The van der Waals surface area contributed by atoms with Crippen molar-refractivity contribution in [3.05, 3.63) is 22.3 Å². The van der Waals surface area contributed by atoms with Gasteiger partial charge in [-0.15, -0.1) is 11.6 Å². The summed E-state index contributed by atoms with van der Waals surface area (Å²) in [4.78, 5) is 4.13. The number of ether oxygens (including phenoxy) is 1. The largest absolute Gasteiger partial charge is 0.477 e. The van der Waals surface area contributed by atoms with E-state index >= 15 is 0 Å². The van der Waals surface area contributed by atoms with Gasteiger partial charge in [-0.1, -0.05) is 6.92 Å². The lowest BCUT2D eigenvalue weighted by atomic mass is 10.3. The Bertz CT molecular complexity index is 280. The van der Waals surface area contributed by atoms with Gasteiger partial charge in [-0.05, 0) is 28.4 Å². The molecule has 0 aliphatic heterocycles. The van der Waals surface area contributed by atoms with Gasteiger partial charge in [-0.2, -0.15) is 0 Å². The summed E-state index contributed by atoms with van der Waals surface area (Å²) < 4.78 is 6.34. The average molecular weight is 265 g/mol. The van der Waals surface area contributed by atoms with Crippen LogP contribution in [0.1, 0.15) is 18.9 Å². The van der Waals surface area contributed by atoms with E-state index < -0.39 is 0 Å². The van der Waals surface area contributed by atoms with Crippen molar-refractivity contribution in [1.29, 1.82) is 0 Å². The molecule has 0 aliphatic rings. The predicted octanol–water partition coefficient (Wildman–Crippen LogP) is 3.37. The summed E-state index contributed by atoms with van der Waals surface area (Å²) >= 11 is 9.07. The number of aromatic nitrogens is 1. The molecule has 0 N–H and O–H groups in total. The standard InChI is InChI=1S/C9H11BrClNO/c1-2-3-13-9-7(5-11)4-8(10)6-12-9/h4,6H,2-3,5H2,1H3. The van der Waals surface area contributed by atoms with Crippen molar-refractivity contribution in [2.24, 2.45) is 0 Å². The van der Waals surface area contributed by atoms with Gasteiger partial charge < -0.3 is 4.74 Å². The Kier molecular flexibility index (Phi) is 4.53. The van der Waals surface area contributed by atoms with Crippen molar-refractivity contribution < 1.29 is 4.74 Å². The number of pyridine rings is 1. The topological polar surface area (TPSA) is 22.1 Å². The van der Waals surface area contributed by atoms with Crippen LogP contribution in [-0.2, 0) is 5.88 Å². The summed E-state index contributed by atoms with van der Waals surface area (Å²) in [5.74, 6) is 1.06. The van der Waals surface area contributed by atoms with Crippen molar-refractivity contribution in [2.75, 3.05) is 6.61 Å². The third-order valence-electron chi connectivity index (χ3n) is 1.48. The first-order valence-corrected chi connectivity index (χ1v) is 5.44. The van der Waals surface area contributed by atoms with Crippen LogP contribution in [0.15, 0.2) is 16.7 Å². The Hall–Kier alpha value is -0.280. The zero-order valence-electron chi connectivity index (χ0n) is 7.39. The van der Waals surface area contributed by atoms with E-state index in [-0.39, 0.29) is 0 Å². The molecule has 0 aromatic carbocycles. The maximum Gasteiger partial charge on any atom is 0.217 e. The second-order valence-corrected chi connectivity index (χ2v) is 3.78. The fraction of sp³-hybridized carbons (Fsp3) is 0.444. The van der Waals surface area contributed by atoms with E-state index in [0.29, 0.717) is 18.4 Å². The molecule has 0 amide bonds. The van der Waals surface area contributed by atoms with Gasteiger partial charge in [-0.3, -0.25) is 0 Å². The monoisotopic (exact) mass is 263 g/mol. The Morgan fingerprint density at radius 2 is 2.38 bits per heavy atom. The van der Waals surface area contributed by atoms with Gasteiger partial charge in [-0.25, -0.2) is 4.98 Å². The van der Waals surface area contributed by atoms with E-state index in [9.17, 15) is 0 Å². The van der Waals surface area contributed by atoms with Crippen LogP contribution in [0.4, 0.5) is 0 Å². The predicted molar refractivity (Wildman–Crippen MR) is 57.3 cm³/mol. The fourth-order valence-corrected chi connectivity index (χ4v) is 1.46. The number of rotatable bonds is 4. The van der Waals surface area contributed by atoms with E-state index in [1.54, 1.807) is 6.20 Å². The molecular weight excluding hydrogens is 253 g/mol. The minimum absolute atomic E-state index is 0.422. The maximum absolute atomic E-state index is 5.74. The van der Waals surface area contributed by atoms with Gasteiger partial charge in [0.1, 0.15) is 0 Å². The van der Waals surface area contributed by atoms with E-state index in [1.165, 1.54) is 0 Å². The molecule has 4 heteroatoms. The van der Waals surface area contributed by atoms with Crippen LogP contribution in [0.2, 0.25) is 0 Å². The highest BCUT2D eigenvalue weighted by atomic mass is 79.9. The molecule has 0 unspecified atom stereocenters. The van der Waals surface area contributed by atoms with Crippen LogP contribution >= 0.6 is 27.5 Å². The lowest BCUT2D eigenvalue weighted by Gasteiger charge is -2.07. The molecule has 0 saturated heterocycles. The number of halogens is 2. The molecule has 0 bridgehead atoms. The van der Waals surface area contributed by atoms with Gasteiger partial charge in [0.05, 0.1) is 12.5 Å². The molecule has 72 valence electrons. The van der Waals surface area contributed by atoms with Gasteiger partial charge in [0, 0.05) is 16.2 Å². The summed E-state index contributed by atoms with van der Waals surface area (Å²) in [6.07, 6.45) is 2.68. The molecule has 2 nitrogen and oxygen atoms in total. The third-order valence-corrected chi connectivity index (χ3v) is 2.20. The van der Waals surface area contributed by atoms with Crippen LogP contribution < -0.4 is 4.74 Å². The summed E-state index contributed by atoms with van der Waals surface area (Å²) in [6, 6.07) is 1.92. The fourth-order valence-electron chi connectivity index (χ4n) is 0.893. The van der Waals surface area contributed by atoms with E-state index in [4.69, 9.17) is 16.3 Å². The van der Waals surface area contributed by atoms with Gasteiger partial charge >= 0.3 is 0 Å². The first-order valence-electron chi connectivity index (χ1n) is 4.11. The first kappa shape index (κ1) is 10.8. The molecule has 0 aliphatic carbocycles. The maximum atomic E-state index is 5.74. The van der Waals surface area contributed by atoms with Gasteiger partial charge in [0.25, 0.3) is 0 Å². The summed E-state index contributed by atoms with van der Waals surface area (Å²) in [7, 11) is 0. The molecule has 0 saturated carbocycles. The zero-order valence-corrected chi connectivity index (χ0v) is 9.73. The smallest absolute Gasteiger partial charge is 0.217 e. The number of hydrogen-bond acceptors (Lipinski definition) is 2. The quantitative estimate of drug-likeness (QED) is 0.778. The summed E-state index contributed by atoms with van der Waals surface area (Å²) in [6.45, 7) is 2.73. The molecule has 0 atom stereocenters. The molecule has 1 rings (SSSR count). The lowest BCUT2D eigenvalue weighted by molar-refractivity contribution is 0.302. The summed E-state index contributed by atoms with van der Waals surface area (Å²) in [5.41, 5.74) is 0.921. The highest BCUT2D eigenvalue weighted by molar-refractivity contribution is 9.10. The zero-order chi connectivity index (χ0) is 9.68. The molecule has 1 aromatic rings. The van der Waals surface area contributed by atoms with Crippen LogP contribution in [0.5, 0.6) is 5.88 Å². The molecule has 0 radical (unpaired) electrons. The van der Waals surface area contributed by atoms with E-state index in [1.807, 2.05) is 6.07 Å². The molecule has 0 fully saturated rings. The number of hydrogen-bond donors (Lipinski definition) is 0. The van der Waals surface area contributed by atoms with Gasteiger partial charge in [0.15, 0.2) is 0 Å². The highest BCUT2D eigenvalue weighted by Crippen LogP contribution is 2.21. The molecule has 1 aromatic heterocycles. The highest BCUT2D eigenvalue weighted by Gasteiger charge is 2.04. The second kappa shape index (κ2) is 5.45. The van der Waals surface area contributed by atoms with Crippen LogP contribution in [0.3, 0.4) is 0 Å². The Balaban J connectivity index is 2.79. The first-order chi connectivity index (χ1) is 6.27. The van der Waals surface area contributed by atoms with Crippen LogP contribution in [-0.4, -0.2) is 11.6 Å². The minimum Gasteiger partial charge on any atom is -0.477 e. The Labute approximate surface area is 91.4 Å². The minimum atomic E-state index is 0.422. The third kappa shape index (κ3) is 3.16. The molecule has 0 spiro atoms. The van der Waals surface area contributed by atoms with Crippen molar-refractivity contribution in [1.82, 2.24) is 4.98 Å². The van der Waals surface area contributed by atoms with Crippen LogP contribution in [0, 0.1) is 0 Å². The van der Waals surface area contributed by atoms with Crippen molar-refractivity contribution in [3.8, 4) is 5.88 Å².